The lowest BCUT2D eigenvalue weighted by Crippen LogP contribution is -2.18. The highest BCUT2D eigenvalue weighted by molar-refractivity contribution is 6.07. The van der Waals surface area contributed by atoms with Crippen LogP contribution in [0.25, 0.3) is 11.1 Å². The van der Waals surface area contributed by atoms with Crippen molar-refractivity contribution in [3.63, 3.8) is 0 Å². The van der Waals surface area contributed by atoms with Crippen LogP contribution in [0.5, 0.6) is 0 Å². The zero-order chi connectivity index (χ0) is 21.8. The number of benzene rings is 2. The SMILES string of the molecule is Cc1ccc(-c2c(CN)c(CC(C)C)nc(C)c2NC(=O)c2ccc(F)cc2)cc1. The van der Waals surface area contributed by atoms with Crippen molar-refractivity contribution in [1.29, 1.82) is 0 Å². The lowest BCUT2D eigenvalue weighted by Gasteiger charge is -2.21. The molecule has 1 aromatic heterocycles. The van der Waals surface area contributed by atoms with E-state index in [0.29, 0.717) is 23.7 Å². The number of aryl methyl sites for hydroxylation is 2. The van der Waals surface area contributed by atoms with E-state index in [2.05, 4.69) is 19.2 Å². The van der Waals surface area contributed by atoms with Gasteiger partial charge in [-0.15, -0.1) is 0 Å². The van der Waals surface area contributed by atoms with Crippen LogP contribution in [0.1, 0.15) is 46.7 Å². The smallest absolute Gasteiger partial charge is 0.255 e. The predicted molar refractivity (Wildman–Crippen MR) is 120 cm³/mol. The molecule has 30 heavy (non-hydrogen) atoms. The first kappa shape index (κ1) is 21.7. The summed E-state index contributed by atoms with van der Waals surface area (Å²) in [6, 6.07) is 13.6. The van der Waals surface area contributed by atoms with E-state index in [1.165, 1.54) is 24.3 Å². The summed E-state index contributed by atoms with van der Waals surface area (Å²) in [7, 11) is 0. The van der Waals surface area contributed by atoms with Crippen molar-refractivity contribution in [1.82, 2.24) is 4.98 Å². The minimum atomic E-state index is -0.381. The van der Waals surface area contributed by atoms with Gasteiger partial charge in [0, 0.05) is 23.4 Å². The number of carbonyl (C=O) groups is 1. The summed E-state index contributed by atoms with van der Waals surface area (Å²) in [4.78, 5) is 17.7. The van der Waals surface area contributed by atoms with Gasteiger partial charge in [0.25, 0.3) is 5.91 Å². The molecule has 0 fully saturated rings. The summed E-state index contributed by atoms with van der Waals surface area (Å²) in [5.41, 5.74) is 12.9. The van der Waals surface area contributed by atoms with Crippen LogP contribution in [0.4, 0.5) is 10.1 Å². The molecule has 2 aromatic carbocycles. The minimum absolute atomic E-state index is 0.312. The van der Waals surface area contributed by atoms with Gasteiger partial charge in [-0.2, -0.15) is 0 Å². The molecule has 0 saturated heterocycles. The Balaban J connectivity index is 2.16. The first-order chi connectivity index (χ1) is 14.3. The van der Waals surface area contributed by atoms with Crippen molar-refractivity contribution in [2.45, 2.75) is 40.7 Å². The van der Waals surface area contributed by atoms with Crippen molar-refractivity contribution < 1.29 is 9.18 Å². The van der Waals surface area contributed by atoms with Crippen molar-refractivity contribution in [2.75, 3.05) is 5.32 Å². The molecule has 3 aromatic rings. The van der Waals surface area contributed by atoms with Crippen molar-refractivity contribution >= 4 is 11.6 Å². The summed E-state index contributed by atoms with van der Waals surface area (Å²) in [5, 5.41) is 3.00. The molecule has 4 nitrogen and oxygen atoms in total. The number of hydrogen-bond acceptors (Lipinski definition) is 3. The number of pyridine rings is 1. The van der Waals surface area contributed by atoms with Gasteiger partial charge in [0.05, 0.1) is 11.4 Å². The number of amides is 1. The van der Waals surface area contributed by atoms with E-state index < -0.39 is 0 Å². The zero-order valence-corrected chi connectivity index (χ0v) is 17.9. The van der Waals surface area contributed by atoms with Gasteiger partial charge in [0.2, 0.25) is 0 Å². The molecule has 0 bridgehead atoms. The van der Waals surface area contributed by atoms with E-state index in [1.54, 1.807) is 0 Å². The third-order valence-electron chi connectivity index (χ3n) is 5.06. The van der Waals surface area contributed by atoms with Crippen LogP contribution < -0.4 is 11.1 Å². The molecule has 3 rings (SSSR count). The molecule has 0 aliphatic heterocycles. The van der Waals surface area contributed by atoms with E-state index in [4.69, 9.17) is 10.7 Å². The van der Waals surface area contributed by atoms with E-state index in [9.17, 15) is 9.18 Å². The van der Waals surface area contributed by atoms with Crippen LogP contribution >= 0.6 is 0 Å². The number of halogens is 1. The monoisotopic (exact) mass is 405 g/mol. The Kier molecular flexibility index (Phi) is 6.63. The molecule has 0 aliphatic rings. The molecule has 0 spiro atoms. The molecule has 1 amide bonds. The molecule has 0 unspecified atom stereocenters. The van der Waals surface area contributed by atoms with Gasteiger partial charge in [0.1, 0.15) is 5.82 Å². The van der Waals surface area contributed by atoms with Crippen molar-refractivity contribution in [3.8, 4) is 11.1 Å². The number of anilines is 1. The fourth-order valence-electron chi connectivity index (χ4n) is 3.56. The lowest BCUT2D eigenvalue weighted by atomic mass is 9.92. The topological polar surface area (TPSA) is 68.0 Å². The van der Waals surface area contributed by atoms with Gasteiger partial charge in [-0.3, -0.25) is 9.78 Å². The van der Waals surface area contributed by atoms with Crippen LogP contribution in [-0.4, -0.2) is 10.9 Å². The van der Waals surface area contributed by atoms with E-state index in [1.807, 2.05) is 38.1 Å². The van der Waals surface area contributed by atoms with Crippen LogP contribution in [-0.2, 0) is 13.0 Å². The molecule has 1 heterocycles. The fourth-order valence-corrected chi connectivity index (χ4v) is 3.56. The van der Waals surface area contributed by atoms with Gasteiger partial charge in [-0.1, -0.05) is 43.7 Å². The van der Waals surface area contributed by atoms with Gasteiger partial charge >= 0.3 is 0 Å². The average Bonchev–Trinajstić information content (AvgIpc) is 2.70. The zero-order valence-electron chi connectivity index (χ0n) is 17.9. The summed E-state index contributed by atoms with van der Waals surface area (Å²) in [5.74, 6) is -0.270. The highest BCUT2D eigenvalue weighted by atomic mass is 19.1. The number of nitrogens with zero attached hydrogens (tertiary/aromatic N) is 1. The van der Waals surface area contributed by atoms with Crippen LogP contribution in [0.2, 0.25) is 0 Å². The molecule has 0 saturated carbocycles. The van der Waals surface area contributed by atoms with E-state index >= 15 is 0 Å². The van der Waals surface area contributed by atoms with Gasteiger partial charge in [-0.25, -0.2) is 4.39 Å². The molecular weight excluding hydrogens is 377 g/mol. The Bertz CT molecular complexity index is 1040. The largest absolute Gasteiger partial charge is 0.326 e. The van der Waals surface area contributed by atoms with Crippen molar-refractivity contribution in [2.24, 2.45) is 11.7 Å². The number of nitrogens with two attached hydrogens (primary N) is 1. The van der Waals surface area contributed by atoms with Gasteiger partial charge in [0.15, 0.2) is 0 Å². The Morgan fingerprint density at radius 3 is 2.27 bits per heavy atom. The molecular formula is C25H28FN3O. The van der Waals surface area contributed by atoms with Crippen molar-refractivity contribution in [3.05, 3.63) is 82.4 Å². The molecule has 0 aliphatic carbocycles. The fraction of sp³-hybridized carbons (Fsp3) is 0.280. The number of hydrogen-bond donors (Lipinski definition) is 2. The maximum Gasteiger partial charge on any atom is 0.255 e. The third kappa shape index (κ3) is 4.74. The minimum Gasteiger partial charge on any atom is -0.326 e. The average molecular weight is 406 g/mol. The normalized spacial score (nSPS) is 11.0. The van der Waals surface area contributed by atoms with Gasteiger partial charge < -0.3 is 11.1 Å². The molecule has 5 heteroatoms. The summed E-state index contributed by atoms with van der Waals surface area (Å²) in [6.07, 6.45) is 0.804. The number of nitrogens with one attached hydrogen (secondary N) is 1. The second-order valence-corrected chi connectivity index (χ2v) is 8.00. The van der Waals surface area contributed by atoms with E-state index in [-0.39, 0.29) is 11.7 Å². The molecule has 3 N–H and O–H groups in total. The van der Waals surface area contributed by atoms with Gasteiger partial charge in [-0.05, 0) is 61.6 Å². The maximum absolute atomic E-state index is 13.3. The Labute approximate surface area is 177 Å². The number of carbonyl (C=O) groups excluding carboxylic acids is 1. The summed E-state index contributed by atoms with van der Waals surface area (Å²) >= 11 is 0. The maximum atomic E-state index is 13.3. The first-order valence-corrected chi connectivity index (χ1v) is 10.2. The predicted octanol–water partition coefficient (Wildman–Crippen LogP) is 5.41. The Morgan fingerprint density at radius 2 is 1.70 bits per heavy atom. The van der Waals surface area contributed by atoms with Crippen LogP contribution in [0.15, 0.2) is 48.5 Å². The van der Waals surface area contributed by atoms with Crippen LogP contribution in [0.3, 0.4) is 0 Å². The lowest BCUT2D eigenvalue weighted by molar-refractivity contribution is 0.102. The summed E-state index contributed by atoms with van der Waals surface area (Å²) < 4.78 is 13.3. The molecule has 0 atom stereocenters. The second kappa shape index (κ2) is 9.18. The highest BCUT2D eigenvalue weighted by Crippen LogP contribution is 2.36. The van der Waals surface area contributed by atoms with E-state index in [0.717, 1.165) is 40.1 Å². The Hall–Kier alpha value is -3.05. The number of aromatic nitrogens is 1. The number of rotatable bonds is 6. The molecule has 156 valence electrons. The standard InChI is InChI=1S/C25H28FN3O/c1-15(2)13-22-21(14-27)23(18-7-5-16(3)6-8-18)24(17(4)28-22)29-25(30)19-9-11-20(26)12-10-19/h5-12,15H,13-14,27H2,1-4H3,(H,29,30). The first-order valence-electron chi connectivity index (χ1n) is 10.2. The quantitative estimate of drug-likeness (QED) is 0.576. The Morgan fingerprint density at radius 1 is 1.07 bits per heavy atom. The highest BCUT2D eigenvalue weighted by Gasteiger charge is 2.21. The third-order valence-corrected chi connectivity index (χ3v) is 5.06. The second-order valence-electron chi connectivity index (χ2n) is 8.00. The summed E-state index contributed by atoms with van der Waals surface area (Å²) in [6.45, 7) is 8.53. The van der Waals surface area contributed by atoms with Crippen LogP contribution in [0, 0.1) is 25.6 Å². The molecule has 0 radical (unpaired) electrons.